The standard InChI is InChI=1S/C23H30N2O3/c26-20-11-9-19(10-12-20)24-16-4-14-23(22(24)28)15-5-17-25(23)21(27)13-8-18-6-2-1-3-7-18/h1-3,6-8,13,19-20,26H,4-5,9-12,14-17H2. The number of benzene rings is 1. The van der Waals surface area contributed by atoms with Gasteiger partial charge in [0.05, 0.1) is 6.10 Å². The molecule has 2 aliphatic heterocycles. The fourth-order valence-electron chi connectivity index (χ4n) is 5.24. The van der Waals surface area contributed by atoms with Gasteiger partial charge in [0.2, 0.25) is 11.8 Å². The molecule has 3 aliphatic rings. The normalized spacial score (nSPS) is 31.1. The zero-order valence-corrected chi connectivity index (χ0v) is 16.4. The Morgan fingerprint density at radius 1 is 1.04 bits per heavy atom. The molecule has 0 radical (unpaired) electrons. The van der Waals surface area contributed by atoms with Crippen LogP contribution in [0.25, 0.3) is 6.08 Å². The van der Waals surface area contributed by atoms with Crippen molar-refractivity contribution in [3.63, 3.8) is 0 Å². The molecule has 150 valence electrons. The summed E-state index contributed by atoms with van der Waals surface area (Å²) in [4.78, 5) is 30.4. The van der Waals surface area contributed by atoms with E-state index in [4.69, 9.17) is 0 Å². The van der Waals surface area contributed by atoms with Crippen LogP contribution in [0.1, 0.15) is 56.9 Å². The van der Waals surface area contributed by atoms with Gasteiger partial charge in [0.1, 0.15) is 5.54 Å². The number of carbonyl (C=O) groups excluding carboxylic acids is 2. The van der Waals surface area contributed by atoms with Crippen molar-refractivity contribution in [1.29, 1.82) is 0 Å². The molecule has 0 bridgehead atoms. The number of hydrogen-bond donors (Lipinski definition) is 1. The fraction of sp³-hybridized carbons (Fsp3) is 0.565. The molecule has 5 nitrogen and oxygen atoms in total. The van der Waals surface area contributed by atoms with Crippen molar-refractivity contribution in [3.05, 3.63) is 42.0 Å². The van der Waals surface area contributed by atoms with E-state index in [1.54, 1.807) is 6.08 Å². The van der Waals surface area contributed by atoms with Crippen molar-refractivity contribution >= 4 is 17.9 Å². The number of rotatable bonds is 3. The second-order valence-electron chi connectivity index (χ2n) is 8.43. The maximum absolute atomic E-state index is 13.6. The average molecular weight is 383 g/mol. The van der Waals surface area contributed by atoms with E-state index in [1.807, 2.05) is 46.2 Å². The van der Waals surface area contributed by atoms with Crippen LogP contribution < -0.4 is 0 Å². The number of piperidine rings is 1. The highest BCUT2D eigenvalue weighted by Gasteiger charge is 2.53. The van der Waals surface area contributed by atoms with Crippen molar-refractivity contribution in [1.82, 2.24) is 9.80 Å². The summed E-state index contributed by atoms with van der Waals surface area (Å²) in [5.74, 6) is 0.0784. The molecule has 28 heavy (non-hydrogen) atoms. The number of amides is 2. The maximum Gasteiger partial charge on any atom is 0.248 e. The van der Waals surface area contributed by atoms with Crippen molar-refractivity contribution in [2.45, 2.75) is 69.1 Å². The first kappa shape index (κ1) is 19.2. The molecule has 4 rings (SSSR count). The third kappa shape index (κ3) is 3.60. The van der Waals surface area contributed by atoms with E-state index in [9.17, 15) is 14.7 Å². The van der Waals surface area contributed by atoms with Crippen LogP contribution in [0.2, 0.25) is 0 Å². The summed E-state index contributed by atoms with van der Waals surface area (Å²) in [6.07, 6.45) is 9.85. The van der Waals surface area contributed by atoms with Gasteiger partial charge < -0.3 is 14.9 Å². The lowest BCUT2D eigenvalue weighted by Crippen LogP contribution is -2.63. The van der Waals surface area contributed by atoms with Gasteiger partial charge >= 0.3 is 0 Å². The van der Waals surface area contributed by atoms with Crippen LogP contribution >= 0.6 is 0 Å². The Morgan fingerprint density at radius 3 is 2.43 bits per heavy atom. The molecule has 3 fully saturated rings. The van der Waals surface area contributed by atoms with Gasteiger partial charge in [0, 0.05) is 25.2 Å². The van der Waals surface area contributed by atoms with Crippen LogP contribution in [-0.2, 0) is 9.59 Å². The molecule has 1 aliphatic carbocycles. The van der Waals surface area contributed by atoms with Gasteiger partial charge in [0.25, 0.3) is 0 Å². The lowest BCUT2D eigenvalue weighted by molar-refractivity contribution is -0.156. The van der Waals surface area contributed by atoms with Gasteiger partial charge in [-0.2, -0.15) is 0 Å². The zero-order valence-electron chi connectivity index (χ0n) is 16.4. The summed E-state index contributed by atoms with van der Waals surface area (Å²) in [6, 6.07) is 10.00. The van der Waals surface area contributed by atoms with Crippen LogP contribution in [0.5, 0.6) is 0 Å². The van der Waals surface area contributed by atoms with Crippen LogP contribution in [0.4, 0.5) is 0 Å². The molecule has 2 amide bonds. The lowest BCUT2D eigenvalue weighted by Gasteiger charge is -2.47. The van der Waals surface area contributed by atoms with Crippen LogP contribution in [0, 0.1) is 0 Å². The molecule has 2 heterocycles. The van der Waals surface area contributed by atoms with Crippen molar-refractivity contribution in [3.8, 4) is 0 Å². The van der Waals surface area contributed by atoms with E-state index in [0.29, 0.717) is 6.54 Å². The molecule has 1 N–H and O–H groups in total. The minimum atomic E-state index is -0.660. The summed E-state index contributed by atoms with van der Waals surface area (Å²) in [5.41, 5.74) is 0.327. The highest BCUT2D eigenvalue weighted by molar-refractivity contribution is 5.98. The lowest BCUT2D eigenvalue weighted by atomic mass is 9.82. The minimum absolute atomic E-state index is 0.0596. The number of aliphatic hydroxyl groups is 1. The first-order chi connectivity index (χ1) is 13.6. The van der Waals surface area contributed by atoms with E-state index in [-0.39, 0.29) is 24.0 Å². The SMILES string of the molecule is O=C(C=Cc1ccccc1)N1CCCC12CCCN(C1CCC(O)CC1)C2=O. The molecule has 1 aromatic carbocycles. The molecule has 5 heteroatoms. The Balaban J connectivity index is 1.51. The summed E-state index contributed by atoms with van der Waals surface area (Å²) in [7, 11) is 0. The topological polar surface area (TPSA) is 60.9 Å². The maximum atomic E-state index is 13.6. The second kappa shape index (κ2) is 8.08. The summed E-state index contributed by atoms with van der Waals surface area (Å²) in [6.45, 7) is 1.43. The van der Waals surface area contributed by atoms with Gasteiger partial charge in [-0.1, -0.05) is 30.3 Å². The van der Waals surface area contributed by atoms with Gasteiger partial charge in [-0.25, -0.2) is 0 Å². The number of carbonyl (C=O) groups is 2. The highest BCUT2D eigenvalue weighted by atomic mass is 16.3. The second-order valence-corrected chi connectivity index (χ2v) is 8.43. The monoisotopic (exact) mass is 382 g/mol. The Morgan fingerprint density at radius 2 is 1.71 bits per heavy atom. The van der Waals surface area contributed by atoms with Gasteiger partial charge in [-0.15, -0.1) is 0 Å². The zero-order chi connectivity index (χ0) is 19.6. The predicted octanol–water partition coefficient (Wildman–Crippen LogP) is 2.99. The number of nitrogens with zero attached hydrogens (tertiary/aromatic N) is 2. The minimum Gasteiger partial charge on any atom is -0.393 e. The first-order valence-corrected chi connectivity index (χ1v) is 10.6. The van der Waals surface area contributed by atoms with E-state index >= 15 is 0 Å². The average Bonchev–Trinajstić information content (AvgIpc) is 3.14. The molecule has 1 aromatic rings. The van der Waals surface area contributed by atoms with Crippen LogP contribution in [0.15, 0.2) is 36.4 Å². The molecular formula is C23H30N2O3. The Hall–Kier alpha value is -2.14. The van der Waals surface area contributed by atoms with Gasteiger partial charge in [-0.05, 0) is 63.0 Å². The largest absolute Gasteiger partial charge is 0.393 e. The molecule has 1 unspecified atom stereocenters. The first-order valence-electron chi connectivity index (χ1n) is 10.6. The third-order valence-corrected chi connectivity index (χ3v) is 6.73. The molecule has 1 atom stereocenters. The van der Waals surface area contributed by atoms with Crippen molar-refractivity contribution in [2.75, 3.05) is 13.1 Å². The van der Waals surface area contributed by atoms with E-state index in [2.05, 4.69) is 0 Å². The van der Waals surface area contributed by atoms with Crippen LogP contribution in [0.3, 0.4) is 0 Å². The Bertz CT molecular complexity index is 739. The summed E-state index contributed by atoms with van der Waals surface area (Å²) in [5, 5.41) is 9.80. The molecule has 1 saturated carbocycles. The van der Waals surface area contributed by atoms with E-state index < -0.39 is 5.54 Å². The number of hydrogen-bond acceptors (Lipinski definition) is 3. The van der Waals surface area contributed by atoms with E-state index in [1.165, 1.54) is 0 Å². The summed E-state index contributed by atoms with van der Waals surface area (Å²) < 4.78 is 0. The number of likely N-dealkylation sites (tertiary alicyclic amines) is 2. The van der Waals surface area contributed by atoms with E-state index in [0.717, 1.165) is 63.5 Å². The van der Waals surface area contributed by atoms with Gasteiger partial charge in [0.15, 0.2) is 0 Å². The van der Waals surface area contributed by atoms with Crippen molar-refractivity contribution < 1.29 is 14.7 Å². The third-order valence-electron chi connectivity index (χ3n) is 6.73. The smallest absolute Gasteiger partial charge is 0.248 e. The number of aliphatic hydroxyl groups excluding tert-OH is 1. The quantitative estimate of drug-likeness (QED) is 0.818. The predicted molar refractivity (Wildman–Crippen MR) is 108 cm³/mol. The summed E-state index contributed by atoms with van der Waals surface area (Å²) >= 11 is 0. The fourth-order valence-corrected chi connectivity index (χ4v) is 5.24. The Labute approximate surface area is 167 Å². The molecule has 1 spiro atoms. The molecular weight excluding hydrogens is 352 g/mol. The Kier molecular flexibility index (Phi) is 5.54. The molecule has 2 saturated heterocycles. The van der Waals surface area contributed by atoms with Crippen molar-refractivity contribution in [2.24, 2.45) is 0 Å². The highest BCUT2D eigenvalue weighted by Crippen LogP contribution is 2.40. The van der Waals surface area contributed by atoms with Gasteiger partial charge in [-0.3, -0.25) is 9.59 Å². The van der Waals surface area contributed by atoms with Crippen LogP contribution in [-0.4, -0.2) is 57.5 Å². The molecule has 0 aromatic heterocycles.